The van der Waals surface area contributed by atoms with E-state index >= 15 is 0 Å². The Morgan fingerprint density at radius 3 is 1.26 bits per heavy atom. The second kappa shape index (κ2) is 6.51. The van der Waals surface area contributed by atoms with Crippen LogP contribution in [-0.2, 0) is 9.47 Å². The average Bonchev–Trinajstić information content (AvgIpc) is 2.81. The van der Waals surface area contributed by atoms with E-state index in [0.717, 1.165) is 0 Å². The molecule has 0 spiro atoms. The maximum absolute atomic E-state index is 12.7. The summed E-state index contributed by atoms with van der Waals surface area (Å²) in [5, 5.41) is 3.60. The van der Waals surface area contributed by atoms with Gasteiger partial charge in [-0.25, -0.2) is 19.2 Å². The van der Waals surface area contributed by atoms with Crippen LogP contribution >= 0.6 is 34.8 Å². The molecule has 35 heavy (non-hydrogen) atoms. The first-order valence-corrected chi connectivity index (χ1v) is 11.3. The van der Waals surface area contributed by atoms with Gasteiger partial charge in [0.25, 0.3) is 0 Å². The smallest absolute Gasteiger partial charge is 0.346 e. The first-order chi connectivity index (χ1) is 16.7. The van der Waals surface area contributed by atoms with E-state index < -0.39 is 23.9 Å². The number of hydrogen-bond donors (Lipinski definition) is 0. The summed E-state index contributed by atoms with van der Waals surface area (Å²) in [7, 11) is 1.41. The minimum absolute atomic E-state index is 0.101. The zero-order valence-corrected chi connectivity index (χ0v) is 19.6. The Hall–Kier alpha value is -3.65. The predicted octanol–water partition coefficient (Wildman–Crippen LogP) is 6.33. The van der Waals surface area contributed by atoms with E-state index in [-0.39, 0.29) is 43.1 Å². The Labute approximate surface area is 209 Å². The van der Waals surface area contributed by atoms with Crippen molar-refractivity contribution in [3.05, 3.63) is 61.6 Å². The normalized spacial score (nSPS) is 15.0. The molecule has 0 radical (unpaired) electrons. The summed E-state index contributed by atoms with van der Waals surface area (Å²) in [6.45, 7) is 0. The molecule has 5 aromatic carbocycles. The van der Waals surface area contributed by atoms with Crippen LogP contribution in [0, 0.1) is 0 Å². The fraction of sp³-hybridized carbons (Fsp3) is 0.0400. The maximum Gasteiger partial charge on any atom is 0.346 e. The SMILES string of the molecule is COc1cc2c3c(cc(Cl)c4c5c(Cl)cc6c7c(cc(Cl)c(c1c34)c75)C(=O)OC6=O)C(=O)OC2=O. The van der Waals surface area contributed by atoms with E-state index in [1.54, 1.807) is 0 Å². The summed E-state index contributed by atoms with van der Waals surface area (Å²) >= 11 is 20.2. The zero-order valence-electron chi connectivity index (χ0n) is 17.3. The van der Waals surface area contributed by atoms with Crippen LogP contribution < -0.4 is 4.74 Å². The van der Waals surface area contributed by atoms with Gasteiger partial charge >= 0.3 is 23.9 Å². The Balaban J connectivity index is 1.93. The molecule has 2 heterocycles. The van der Waals surface area contributed by atoms with E-state index in [1.807, 2.05) is 0 Å². The molecule has 0 aromatic heterocycles. The second-order valence-corrected chi connectivity index (χ2v) is 9.42. The largest absolute Gasteiger partial charge is 0.496 e. The van der Waals surface area contributed by atoms with Gasteiger partial charge in [-0.3, -0.25) is 0 Å². The number of ether oxygens (including phenoxy) is 3. The topological polar surface area (TPSA) is 96.0 Å². The minimum atomic E-state index is -0.841. The van der Waals surface area contributed by atoms with Crippen LogP contribution in [0.5, 0.6) is 5.75 Å². The molecule has 5 aromatic rings. The number of cyclic esters (lactones) is 4. The van der Waals surface area contributed by atoms with Crippen LogP contribution in [0.1, 0.15) is 41.4 Å². The van der Waals surface area contributed by atoms with Gasteiger partial charge in [-0.1, -0.05) is 34.8 Å². The summed E-state index contributed by atoms with van der Waals surface area (Å²) in [5.41, 5.74) is 0.425. The van der Waals surface area contributed by atoms with Gasteiger partial charge in [0.15, 0.2) is 0 Å². The highest BCUT2D eigenvalue weighted by molar-refractivity contribution is 6.53. The summed E-state index contributed by atoms with van der Waals surface area (Å²) in [4.78, 5) is 50.5. The number of esters is 4. The molecule has 0 fully saturated rings. The van der Waals surface area contributed by atoms with E-state index in [9.17, 15) is 19.2 Å². The van der Waals surface area contributed by atoms with E-state index in [0.29, 0.717) is 43.1 Å². The van der Waals surface area contributed by atoms with Gasteiger partial charge in [-0.2, -0.15) is 0 Å². The highest BCUT2D eigenvalue weighted by Crippen LogP contribution is 2.53. The Morgan fingerprint density at radius 2 is 0.857 bits per heavy atom. The van der Waals surface area contributed by atoms with Gasteiger partial charge in [0.2, 0.25) is 0 Å². The molecule has 2 aliphatic heterocycles. The summed E-state index contributed by atoms with van der Waals surface area (Å²) in [5.74, 6) is -3.10. The predicted molar refractivity (Wildman–Crippen MR) is 129 cm³/mol. The number of rotatable bonds is 1. The molecular weight excluding hydrogens is 519 g/mol. The zero-order chi connectivity index (χ0) is 24.5. The Bertz CT molecular complexity index is 1920. The monoisotopic (exact) mass is 524 g/mol. The van der Waals surface area contributed by atoms with Crippen molar-refractivity contribution >= 4 is 102 Å². The highest BCUT2D eigenvalue weighted by atomic mass is 35.5. The first kappa shape index (κ1) is 20.7. The van der Waals surface area contributed by atoms with Crippen molar-refractivity contribution in [2.24, 2.45) is 0 Å². The third-order valence-corrected chi connectivity index (χ3v) is 7.49. The molecule has 2 aliphatic rings. The standard InChI is InChI=1S/C25H7Cl3O7/c1-33-13-5-9-15-8(24(31)35-25(9)32)3-11(27)17-16-10(26)2-6-14-7(23(30)34-22(6)29)4-12(28)18(20(14)16)19(13)21(15)17/h2-5H,1H3. The van der Waals surface area contributed by atoms with E-state index in [2.05, 4.69) is 0 Å². The second-order valence-electron chi connectivity index (χ2n) is 8.20. The van der Waals surface area contributed by atoms with Crippen molar-refractivity contribution in [3.8, 4) is 5.75 Å². The van der Waals surface area contributed by atoms with Gasteiger partial charge in [0.05, 0.1) is 34.4 Å². The molecule has 0 aliphatic carbocycles. The molecule has 0 amide bonds. The molecule has 0 atom stereocenters. The van der Waals surface area contributed by atoms with Crippen LogP contribution in [0.2, 0.25) is 15.1 Å². The molecule has 0 saturated heterocycles. The summed E-state index contributed by atoms with van der Waals surface area (Å²) in [6, 6.07) is 5.69. The lowest BCUT2D eigenvalue weighted by Gasteiger charge is -2.25. The quantitative estimate of drug-likeness (QED) is 0.109. The fourth-order valence-corrected chi connectivity index (χ4v) is 6.22. The van der Waals surface area contributed by atoms with Crippen molar-refractivity contribution < 1.29 is 33.4 Å². The summed E-state index contributed by atoms with van der Waals surface area (Å²) < 4.78 is 15.4. The fourth-order valence-electron chi connectivity index (χ4n) is 5.32. The van der Waals surface area contributed by atoms with Crippen molar-refractivity contribution in [1.29, 1.82) is 0 Å². The number of carbonyl (C=O) groups is 4. The van der Waals surface area contributed by atoms with Gasteiger partial charge in [0.1, 0.15) is 5.75 Å². The number of hydrogen-bond acceptors (Lipinski definition) is 7. The lowest BCUT2D eigenvalue weighted by molar-refractivity contribution is 0.0373. The molecule has 0 N–H and O–H groups in total. The van der Waals surface area contributed by atoms with Gasteiger partial charge in [-0.05, 0) is 24.3 Å². The number of halogens is 3. The van der Waals surface area contributed by atoms with E-state index in [4.69, 9.17) is 49.0 Å². The molecule has 10 heteroatoms. The third-order valence-electron chi connectivity index (χ3n) is 6.60. The lowest BCUT2D eigenvalue weighted by atomic mass is 9.83. The Kier molecular flexibility index (Phi) is 3.85. The average molecular weight is 526 g/mol. The van der Waals surface area contributed by atoms with E-state index in [1.165, 1.54) is 31.4 Å². The Morgan fingerprint density at radius 1 is 0.514 bits per heavy atom. The van der Waals surface area contributed by atoms with Crippen LogP contribution in [0.3, 0.4) is 0 Å². The third kappa shape index (κ3) is 2.33. The molecular formula is C25H7Cl3O7. The summed E-state index contributed by atoms with van der Waals surface area (Å²) in [6.07, 6.45) is 0. The van der Waals surface area contributed by atoms with Crippen molar-refractivity contribution in [3.63, 3.8) is 0 Å². The van der Waals surface area contributed by atoms with Crippen molar-refractivity contribution in [1.82, 2.24) is 0 Å². The molecule has 0 bridgehead atoms. The van der Waals surface area contributed by atoms with Gasteiger partial charge in [-0.15, -0.1) is 0 Å². The number of fused-ring (bicyclic) bond motifs is 2. The molecule has 7 rings (SSSR count). The molecule has 0 saturated carbocycles. The molecule has 7 nitrogen and oxygen atoms in total. The van der Waals surface area contributed by atoms with Crippen LogP contribution in [-0.4, -0.2) is 31.0 Å². The number of methoxy groups -OCH3 is 1. The lowest BCUT2D eigenvalue weighted by Crippen LogP contribution is -2.21. The van der Waals surface area contributed by atoms with Gasteiger partial charge in [0, 0.05) is 53.1 Å². The molecule has 170 valence electrons. The minimum Gasteiger partial charge on any atom is -0.496 e. The maximum atomic E-state index is 12.7. The van der Waals surface area contributed by atoms with Crippen LogP contribution in [0.4, 0.5) is 0 Å². The first-order valence-electron chi connectivity index (χ1n) is 10.1. The van der Waals surface area contributed by atoms with Crippen LogP contribution in [0.15, 0.2) is 24.3 Å². The molecule has 0 unspecified atom stereocenters. The van der Waals surface area contributed by atoms with Crippen molar-refractivity contribution in [2.75, 3.05) is 7.11 Å². The number of benzene rings is 5. The van der Waals surface area contributed by atoms with Crippen molar-refractivity contribution in [2.45, 2.75) is 0 Å². The van der Waals surface area contributed by atoms with Crippen LogP contribution in [0.25, 0.3) is 43.1 Å². The number of carbonyl (C=O) groups excluding carboxylic acids is 4. The highest BCUT2D eigenvalue weighted by Gasteiger charge is 2.36. The van der Waals surface area contributed by atoms with Gasteiger partial charge < -0.3 is 14.2 Å².